The molecule has 94 valence electrons. The van der Waals surface area contributed by atoms with Gasteiger partial charge in [0, 0.05) is 19.2 Å². The van der Waals surface area contributed by atoms with E-state index >= 15 is 0 Å². The van der Waals surface area contributed by atoms with E-state index in [0.29, 0.717) is 19.0 Å². The van der Waals surface area contributed by atoms with Gasteiger partial charge < -0.3 is 21.1 Å². The topological polar surface area (TPSA) is 102 Å². The van der Waals surface area contributed by atoms with Gasteiger partial charge in [-0.15, -0.1) is 0 Å². The van der Waals surface area contributed by atoms with Crippen LogP contribution in [0.4, 0.5) is 11.6 Å². The molecular weight excluding hydrogens is 222 g/mol. The summed E-state index contributed by atoms with van der Waals surface area (Å²) in [7, 11) is 0. The van der Waals surface area contributed by atoms with Crippen molar-refractivity contribution in [2.24, 2.45) is 5.73 Å². The molecule has 4 N–H and O–H groups in total. The predicted octanol–water partition coefficient (Wildman–Crippen LogP) is -0.178. The van der Waals surface area contributed by atoms with Gasteiger partial charge >= 0.3 is 0 Å². The van der Waals surface area contributed by atoms with E-state index in [1.165, 1.54) is 6.33 Å². The van der Waals surface area contributed by atoms with E-state index in [4.69, 9.17) is 10.5 Å². The second-order valence-electron chi connectivity index (χ2n) is 3.26. The molecule has 1 amide bonds. The molecule has 0 aliphatic carbocycles. The fourth-order valence-electron chi connectivity index (χ4n) is 1.16. The average molecular weight is 239 g/mol. The maximum atomic E-state index is 10.4. The SMILES string of the molecule is CCNc1cc(NCCOCC(N)=O)ncn1. The fraction of sp³-hybridized carbons (Fsp3) is 0.500. The first-order valence-corrected chi connectivity index (χ1v) is 5.38. The Morgan fingerprint density at radius 1 is 1.41 bits per heavy atom. The summed E-state index contributed by atoms with van der Waals surface area (Å²) in [5, 5.41) is 6.13. The first-order valence-electron chi connectivity index (χ1n) is 5.38. The Morgan fingerprint density at radius 3 is 2.76 bits per heavy atom. The maximum Gasteiger partial charge on any atom is 0.243 e. The molecule has 0 saturated heterocycles. The van der Waals surface area contributed by atoms with Crippen molar-refractivity contribution in [3.63, 3.8) is 0 Å². The van der Waals surface area contributed by atoms with Crippen molar-refractivity contribution in [2.45, 2.75) is 6.92 Å². The largest absolute Gasteiger partial charge is 0.370 e. The van der Waals surface area contributed by atoms with Gasteiger partial charge in [-0.25, -0.2) is 9.97 Å². The Balaban J connectivity index is 2.26. The van der Waals surface area contributed by atoms with Gasteiger partial charge in [-0.2, -0.15) is 0 Å². The summed E-state index contributed by atoms with van der Waals surface area (Å²) in [6.45, 7) is 3.68. The van der Waals surface area contributed by atoms with E-state index in [1.807, 2.05) is 6.92 Å². The molecule has 0 atom stereocenters. The number of carbonyl (C=O) groups is 1. The van der Waals surface area contributed by atoms with Crippen molar-refractivity contribution in [3.05, 3.63) is 12.4 Å². The smallest absolute Gasteiger partial charge is 0.243 e. The normalized spacial score (nSPS) is 9.94. The third-order valence-corrected chi connectivity index (χ3v) is 1.82. The van der Waals surface area contributed by atoms with Gasteiger partial charge in [-0.3, -0.25) is 4.79 Å². The van der Waals surface area contributed by atoms with Crippen molar-refractivity contribution < 1.29 is 9.53 Å². The van der Waals surface area contributed by atoms with Gasteiger partial charge in [0.25, 0.3) is 0 Å². The van der Waals surface area contributed by atoms with E-state index in [-0.39, 0.29) is 6.61 Å². The van der Waals surface area contributed by atoms with Crippen LogP contribution < -0.4 is 16.4 Å². The van der Waals surface area contributed by atoms with E-state index in [1.54, 1.807) is 6.07 Å². The van der Waals surface area contributed by atoms with Crippen molar-refractivity contribution >= 4 is 17.5 Å². The molecular formula is C10H17N5O2. The molecule has 0 unspecified atom stereocenters. The van der Waals surface area contributed by atoms with E-state index in [0.717, 1.165) is 12.4 Å². The molecule has 0 aliphatic rings. The van der Waals surface area contributed by atoms with E-state index in [9.17, 15) is 4.79 Å². The zero-order valence-corrected chi connectivity index (χ0v) is 9.77. The minimum Gasteiger partial charge on any atom is -0.370 e. The minimum atomic E-state index is -0.471. The van der Waals surface area contributed by atoms with E-state index in [2.05, 4.69) is 20.6 Å². The second kappa shape index (κ2) is 7.39. The molecule has 1 heterocycles. The molecule has 0 fully saturated rings. The highest BCUT2D eigenvalue weighted by molar-refractivity contribution is 5.74. The number of rotatable bonds is 8. The highest BCUT2D eigenvalue weighted by Crippen LogP contribution is 2.07. The molecule has 1 aromatic rings. The molecule has 0 saturated carbocycles. The summed E-state index contributed by atoms with van der Waals surface area (Å²) in [5.74, 6) is 1.00. The lowest BCUT2D eigenvalue weighted by molar-refractivity contribution is -0.122. The van der Waals surface area contributed by atoms with Gasteiger partial charge in [0.05, 0.1) is 6.61 Å². The minimum absolute atomic E-state index is 0.0614. The number of carbonyl (C=O) groups excluding carboxylic acids is 1. The Morgan fingerprint density at radius 2 is 2.12 bits per heavy atom. The number of primary amides is 1. The number of nitrogens with one attached hydrogen (secondary N) is 2. The number of nitrogens with zero attached hydrogens (tertiary/aromatic N) is 2. The molecule has 0 aliphatic heterocycles. The Kier molecular flexibility index (Phi) is 5.73. The van der Waals surface area contributed by atoms with Crippen LogP contribution >= 0.6 is 0 Å². The van der Waals surface area contributed by atoms with Crippen molar-refractivity contribution in [3.8, 4) is 0 Å². The van der Waals surface area contributed by atoms with Crippen molar-refractivity contribution in [1.29, 1.82) is 0 Å². The summed E-state index contributed by atoms with van der Waals surface area (Å²) >= 11 is 0. The number of amides is 1. The number of nitrogens with two attached hydrogens (primary N) is 1. The van der Waals surface area contributed by atoms with Crippen LogP contribution in [0.5, 0.6) is 0 Å². The van der Waals surface area contributed by atoms with Crippen LogP contribution in [0, 0.1) is 0 Å². The molecule has 7 nitrogen and oxygen atoms in total. The lowest BCUT2D eigenvalue weighted by Gasteiger charge is -2.07. The molecule has 7 heteroatoms. The summed E-state index contributed by atoms with van der Waals surface area (Å²) in [6.07, 6.45) is 1.48. The number of hydrogen-bond acceptors (Lipinski definition) is 6. The third kappa shape index (κ3) is 5.67. The number of ether oxygens (including phenoxy) is 1. The summed E-state index contributed by atoms with van der Waals surface area (Å²) in [5.41, 5.74) is 4.93. The van der Waals surface area contributed by atoms with Crippen LogP contribution in [-0.4, -0.2) is 42.2 Å². The highest BCUT2D eigenvalue weighted by Gasteiger charge is 1.97. The molecule has 0 spiro atoms. The van der Waals surface area contributed by atoms with Crippen LogP contribution in [0.1, 0.15) is 6.92 Å². The predicted molar refractivity (Wildman–Crippen MR) is 64.7 cm³/mol. The van der Waals surface area contributed by atoms with Crippen LogP contribution in [-0.2, 0) is 9.53 Å². The van der Waals surface area contributed by atoms with Crippen LogP contribution in [0.3, 0.4) is 0 Å². The lowest BCUT2D eigenvalue weighted by Crippen LogP contribution is -2.20. The van der Waals surface area contributed by atoms with E-state index < -0.39 is 5.91 Å². The van der Waals surface area contributed by atoms with Crippen molar-refractivity contribution in [2.75, 3.05) is 36.9 Å². The molecule has 17 heavy (non-hydrogen) atoms. The van der Waals surface area contributed by atoms with Gasteiger partial charge in [-0.05, 0) is 6.92 Å². The number of hydrogen-bond donors (Lipinski definition) is 3. The van der Waals surface area contributed by atoms with Crippen LogP contribution in [0.25, 0.3) is 0 Å². The molecule has 1 rings (SSSR count). The monoisotopic (exact) mass is 239 g/mol. The zero-order valence-electron chi connectivity index (χ0n) is 9.77. The van der Waals surface area contributed by atoms with Gasteiger partial charge in [0.1, 0.15) is 24.6 Å². The Labute approximate surface area is 99.8 Å². The zero-order chi connectivity index (χ0) is 12.5. The summed E-state index contributed by atoms with van der Waals surface area (Å²) in [4.78, 5) is 18.5. The highest BCUT2D eigenvalue weighted by atomic mass is 16.5. The quantitative estimate of drug-likeness (QED) is 0.544. The van der Waals surface area contributed by atoms with Crippen LogP contribution in [0.2, 0.25) is 0 Å². The average Bonchev–Trinajstić information content (AvgIpc) is 2.29. The number of aromatic nitrogens is 2. The molecule has 0 radical (unpaired) electrons. The van der Waals surface area contributed by atoms with Crippen LogP contribution in [0.15, 0.2) is 12.4 Å². The molecule has 0 aromatic carbocycles. The Bertz CT molecular complexity index is 358. The lowest BCUT2D eigenvalue weighted by atomic mass is 10.5. The van der Waals surface area contributed by atoms with Gasteiger partial charge in [0.2, 0.25) is 5.91 Å². The molecule has 1 aromatic heterocycles. The number of anilines is 2. The van der Waals surface area contributed by atoms with Gasteiger partial charge in [0.15, 0.2) is 0 Å². The van der Waals surface area contributed by atoms with Crippen molar-refractivity contribution in [1.82, 2.24) is 9.97 Å². The maximum absolute atomic E-state index is 10.4. The van der Waals surface area contributed by atoms with Gasteiger partial charge in [-0.1, -0.05) is 0 Å². The first kappa shape index (κ1) is 13.2. The standard InChI is InChI=1S/C10H17N5O2/c1-2-12-9-5-10(15-7-14-9)13-3-4-17-6-8(11)16/h5,7H,2-4,6H2,1H3,(H2,11,16)(H2,12,13,14,15). The summed E-state index contributed by atoms with van der Waals surface area (Å²) < 4.78 is 5.00. The third-order valence-electron chi connectivity index (χ3n) is 1.82. The summed E-state index contributed by atoms with van der Waals surface area (Å²) in [6, 6.07) is 1.80. The fourth-order valence-corrected chi connectivity index (χ4v) is 1.16. The molecule has 0 bridgehead atoms. The first-order chi connectivity index (χ1) is 8.22. The Hall–Kier alpha value is -1.89. The second-order valence-corrected chi connectivity index (χ2v) is 3.26.